The Morgan fingerprint density at radius 3 is 2.47 bits per heavy atom. The molecule has 0 spiro atoms. The Balaban J connectivity index is 2.09. The van der Waals surface area contributed by atoms with E-state index in [-0.39, 0.29) is 5.75 Å². The maximum atomic E-state index is 13.4. The monoisotopic (exact) mass is 283 g/mol. The number of aromatic nitrogens is 1. The highest BCUT2D eigenvalue weighted by atomic mass is 32.2. The zero-order valence-electron chi connectivity index (χ0n) is 10.4. The van der Waals surface area contributed by atoms with Crippen LogP contribution in [0.4, 0.5) is 8.78 Å². The molecule has 0 saturated heterocycles. The Hall–Kier alpha value is -1.69. The van der Waals surface area contributed by atoms with Gasteiger partial charge in [0.2, 0.25) is 0 Å². The van der Waals surface area contributed by atoms with Crippen molar-refractivity contribution in [2.45, 2.75) is 19.1 Å². The van der Waals surface area contributed by atoms with Crippen LogP contribution in [0.3, 0.4) is 0 Å². The van der Waals surface area contributed by atoms with Crippen LogP contribution in [0, 0.1) is 25.5 Å². The molecule has 19 heavy (non-hydrogen) atoms. The molecule has 0 saturated carbocycles. The minimum absolute atomic E-state index is 0.128. The summed E-state index contributed by atoms with van der Waals surface area (Å²) in [7, 11) is 0. The minimum Gasteiger partial charge on any atom is -0.437 e. The molecule has 3 nitrogen and oxygen atoms in total. The number of Topliss-reactive ketones (excluding diaryl/α,β-unsaturated/α-hetero) is 1. The van der Waals surface area contributed by atoms with Gasteiger partial charge in [-0.15, -0.1) is 0 Å². The highest BCUT2D eigenvalue weighted by Gasteiger charge is 2.18. The number of carbonyl (C=O) groups excluding carboxylic acids is 1. The Labute approximate surface area is 113 Å². The van der Waals surface area contributed by atoms with Gasteiger partial charge in [0.1, 0.15) is 17.4 Å². The molecule has 2 aromatic rings. The number of thioether (sulfide) groups is 1. The number of hydrogen-bond acceptors (Lipinski definition) is 4. The van der Waals surface area contributed by atoms with Crippen molar-refractivity contribution in [3.8, 4) is 0 Å². The summed E-state index contributed by atoms with van der Waals surface area (Å²) in [5.74, 6) is -1.81. The third kappa shape index (κ3) is 3.01. The molecule has 0 radical (unpaired) electrons. The molecule has 1 aromatic carbocycles. The number of ketones is 1. The number of aryl methyl sites for hydroxylation is 2. The normalized spacial score (nSPS) is 10.7. The van der Waals surface area contributed by atoms with Crippen LogP contribution in [0.2, 0.25) is 0 Å². The van der Waals surface area contributed by atoms with Gasteiger partial charge in [-0.2, -0.15) is 0 Å². The summed E-state index contributed by atoms with van der Waals surface area (Å²) < 4.78 is 32.0. The van der Waals surface area contributed by atoms with Crippen LogP contribution in [0.15, 0.2) is 27.8 Å². The second-order valence-electron chi connectivity index (χ2n) is 3.93. The first kappa shape index (κ1) is 13.7. The summed E-state index contributed by atoms with van der Waals surface area (Å²) in [5, 5.41) is 0.320. The van der Waals surface area contributed by atoms with Crippen molar-refractivity contribution in [1.82, 2.24) is 4.98 Å². The van der Waals surface area contributed by atoms with Gasteiger partial charge >= 0.3 is 0 Å². The minimum atomic E-state index is -0.856. The Morgan fingerprint density at radius 2 is 1.95 bits per heavy atom. The maximum absolute atomic E-state index is 13.4. The lowest BCUT2D eigenvalue weighted by atomic mass is 10.1. The summed E-state index contributed by atoms with van der Waals surface area (Å²) in [6.07, 6.45) is 0. The highest BCUT2D eigenvalue weighted by molar-refractivity contribution is 7.99. The summed E-state index contributed by atoms with van der Waals surface area (Å²) >= 11 is 1.02. The third-order valence-corrected chi connectivity index (χ3v) is 3.41. The van der Waals surface area contributed by atoms with E-state index in [1.807, 2.05) is 0 Å². The largest absolute Gasteiger partial charge is 0.437 e. The van der Waals surface area contributed by atoms with Crippen LogP contribution in [0.1, 0.15) is 21.8 Å². The molecule has 0 aliphatic heterocycles. The Morgan fingerprint density at radius 1 is 1.32 bits per heavy atom. The Bertz CT molecular complexity index is 585. The van der Waals surface area contributed by atoms with Crippen LogP contribution in [0.25, 0.3) is 0 Å². The zero-order valence-corrected chi connectivity index (χ0v) is 11.2. The molecular weight excluding hydrogens is 272 g/mol. The van der Waals surface area contributed by atoms with E-state index >= 15 is 0 Å². The van der Waals surface area contributed by atoms with E-state index in [1.54, 1.807) is 13.8 Å². The van der Waals surface area contributed by atoms with Gasteiger partial charge in [0, 0.05) is 0 Å². The summed E-state index contributed by atoms with van der Waals surface area (Å²) in [4.78, 5) is 15.9. The molecule has 100 valence electrons. The maximum Gasteiger partial charge on any atom is 0.256 e. The molecule has 0 aliphatic carbocycles. The van der Waals surface area contributed by atoms with E-state index in [4.69, 9.17) is 4.42 Å². The topological polar surface area (TPSA) is 43.1 Å². The zero-order chi connectivity index (χ0) is 14.0. The second kappa shape index (κ2) is 5.52. The number of halogens is 2. The van der Waals surface area contributed by atoms with Gasteiger partial charge in [-0.25, -0.2) is 13.8 Å². The highest BCUT2D eigenvalue weighted by Crippen LogP contribution is 2.22. The van der Waals surface area contributed by atoms with Gasteiger partial charge in [-0.05, 0) is 26.0 Å². The lowest BCUT2D eigenvalue weighted by Gasteiger charge is -2.02. The quantitative estimate of drug-likeness (QED) is 0.636. The molecule has 2 rings (SSSR count). The summed E-state index contributed by atoms with van der Waals surface area (Å²) in [6.45, 7) is 3.53. The molecule has 0 atom stereocenters. The lowest BCUT2D eigenvalue weighted by Crippen LogP contribution is -2.08. The molecule has 0 aliphatic rings. The van der Waals surface area contributed by atoms with E-state index in [1.165, 1.54) is 6.07 Å². The van der Waals surface area contributed by atoms with Crippen molar-refractivity contribution in [2.75, 3.05) is 5.75 Å². The standard InChI is InChI=1S/C13H11F2NO2S/c1-7-8(2)18-13(16-7)19-6-11(17)12-9(14)4-3-5-10(12)15/h3-5H,6H2,1-2H3. The van der Waals surface area contributed by atoms with Gasteiger partial charge in [-0.1, -0.05) is 17.8 Å². The van der Waals surface area contributed by atoms with Crippen molar-refractivity contribution in [3.63, 3.8) is 0 Å². The molecule has 0 unspecified atom stereocenters. The molecule has 1 heterocycles. The van der Waals surface area contributed by atoms with Crippen LogP contribution in [0.5, 0.6) is 0 Å². The number of carbonyl (C=O) groups is 1. The van der Waals surface area contributed by atoms with Crippen molar-refractivity contribution >= 4 is 17.5 Å². The number of hydrogen-bond donors (Lipinski definition) is 0. The van der Waals surface area contributed by atoms with E-state index < -0.39 is 23.0 Å². The predicted molar refractivity (Wildman–Crippen MR) is 67.4 cm³/mol. The first-order valence-electron chi connectivity index (χ1n) is 5.53. The molecular formula is C13H11F2NO2S. The van der Waals surface area contributed by atoms with Gasteiger partial charge in [-0.3, -0.25) is 4.79 Å². The van der Waals surface area contributed by atoms with E-state index in [0.717, 1.165) is 29.6 Å². The average Bonchev–Trinajstić information content (AvgIpc) is 2.66. The van der Waals surface area contributed by atoms with Crippen LogP contribution < -0.4 is 0 Å². The van der Waals surface area contributed by atoms with Gasteiger partial charge < -0.3 is 4.42 Å². The fourth-order valence-electron chi connectivity index (χ4n) is 1.47. The first-order valence-corrected chi connectivity index (χ1v) is 6.51. The van der Waals surface area contributed by atoms with Crippen molar-refractivity contribution in [2.24, 2.45) is 0 Å². The lowest BCUT2D eigenvalue weighted by molar-refractivity contribution is 0.101. The summed E-state index contributed by atoms with van der Waals surface area (Å²) in [6, 6.07) is 3.33. The smallest absolute Gasteiger partial charge is 0.256 e. The fraction of sp³-hybridized carbons (Fsp3) is 0.231. The van der Waals surface area contributed by atoms with Gasteiger partial charge in [0.05, 0.1) is 17.0 Å². The number of nitrogens with zero attached hydrogens (tertiary/aromatic N) is 1. The van der Waals surface area contributed by atoms with Crippen molar-refractivity contribution in [1.29, 1.82) is 0 Å². The average molecular weight is 283 g/mol. The van der Waals surface area contributed by atoms with E-state index in [2.05, 4.69) is 4.98 Å². The van der Waals surface area contributed by atoms with Crippen molar-refractivity contribution in [3.05, 3.63) is 46.9 Å². The number of benzene rings is 1. The molecule has 0 bridgehead atoms. The van der Waals surface area contributed by atoms with Crippen LogP contribution in [-0.2, 0) is 0 Å². The molecule has 0 N–H and O–H groups in total. The predicted octanol–water partition coefficient (Wildman–Crippen LogP) is 3.54. The Kier molecular flexibility index (Phi) is 3.99. The van der Waals surface area contributed by atoms with Crippen molar-refractivity contribution < 1.29 is 18.0 Å². The van der Waals surface area contributed by atoms with Crippen LogP contribution >= 0.6 is 11.8 Å². The van der Waals surface area contributed by atoms with Gasteiger partial charge in [0.25, 0.3) is 5.22 Å². The van der Waals surface area contributed by atoms with E-state index in [9.17, 15) is 13.6 Å². The molecule has 6 heteroatoms. The second-order valence-corrected chi connectivity index (χ2v) is 4.86. The third-order valence-electron chi connectivity index (χ3n) is 2.58. The SMILES string of the molecule is Cc1nc(SCC(=O)c2c(F)cccc2F)oc1C. The number of oxazole rings is 1. The molecule has 0 amide bonds. The summed E-state index contributed by atoms with van der Waals surface area (Å²) in [5.41, 5.74) is 0.210. The molecule has 0 fully saturated rings. The van der Waals surface area contributed by atoms with Crippen LogP contribution in [-0.4, -0.2) is 16.5 Å². The van der Waals surface area contributed by atoms with E-state index in [0.29, 0.717) is 11.0 Å². The molecule has 1 aromatic heterocycles. The first-order chi connectivity index (χ1) is 8.99. The van der Waals surface area contributed by atoms with Gasteiger partial charge in [0.15, 0.2) is 5.78 Å². The fourth-order valence-corrected chi connectivity index (χ4v) is 2.25. The number of rotatable bonds is 4.